The first kappa shape index (κ1) is 17.2. The van der Waals surface area contributed by atoms with Crippen LogP contribution in [-0.4, -0.2) is 31.5 Å². The molecule has 0 amide bonds. The minimum Gasteiger partial charge on any atom is -0.416 e. The van der Waals surface area contributed by atoms with Crippen molar-refractivity contribution < 1.29 is 9.53 Å². The maximum Gasteiger partial charge on any atom is 0.191 e. The van der Waals surface area contributed by atoms with Crippen LogP contribution in [0.5, 0.6) is 0 Å². The lowest BCUT2D eigenvalue weighted by Gasteiger charge is -2.37. The summed E-state index contributed by atoms with van der Waals surface area (Å²) in [5.41, 5.74) is 0. The Morgan fingerprint density at radius 3 is 2.24 bits per heavy atom. The minimum atomic E-state index is -1.74. The number of aliphatic hydroxyl groups excluding tert-OH is 1. The van der Waals surface area contributed by atoms with Gasteiger partial charge in [0.25, 0.3) is 0 Å². The number of hydrogen-bond donors (Lipinski definition) is 1. The van der Waals surface area contributed by atoms with Gasteiger partial charge in [-0.3, -0.25) is 0 Å². The third kappa shape index (κ3) is 5.12. The van der Waals surface area contributed by atoms with E-state index >= 15 is 0 Å². The minimum absolute atomic E-state index is 0.0182. The van der Waals surface area contributed by atoms with Gasteiger partial charge in [-0.2, -0.15) is 0 Å². The van der Waals surface area contributed by atoms with Crippen molar-refractivity contribution in [1.82, 2.24) is 0 Å². The number of halogens is 1. The molecule has 0 aliphatic heterocycles. The van der Waals surface area contributed by atoms with E-state index in [2.05, 4.69) is 40.4 Å². The standard InChI is InChI=1S/C13H27ClO2Si/c1-8-11(14)12(15)10(2)9-16-17(6,7)13(3,4)5/h8,10-12,15H,1,9H2,2-7H3/t10-,11-,12-/m0/s1. The Kier molecular flexibility index (Phi) is 6.43. The van der Waals surface area contributed by atoms with Crippen molar-refractivity contribution in [2.45, 2.75) is 57.3 Å². The molecule has 0 aromatic rings. The van der Waals surface area contributed by atoms with E-state index in [-0.39, 0.29) is 11.0 Å². The van der Waals surface area contributed by atoms with E-state index in [4.69, 9.17) is 16.0 Å². The van der Waals surface area contributed by atoms with Gasteiger partial charge in [-0.25, -0.2) is 0 Å². The predicted octanol–water partition coefficient (Wildman–Crippen LogP) is 3.80. The lowest BCUT2D eigenvalue weighted by Crippen LogP contribution is -2.43. The van der Waals surface area contributed by atoms with Crippen LogP contribution >= 0.6 is 11.6 Å². The van der Waals surface area contributed by atoms with E-state index in [0.29, 0.717) is 6.61 Å². The van der Waals surface area contributed by atoms with Crippen LogP contribution in [0.2, 0.25) is 18.1 Å². The molecule has 0 saturated carbocycles. The van der Waals surface area contributed by atoms with Gasteiger partial charge < -0.3 is 9.53 Å². The number of alkyl halides is 1. The molecule has 1 N–H and O–H groups in total. The first-order valence-corrected chi connectivity index (χ1v) is 9.46. The van der Waals surface area contributed by atoms with Crippen LogP contribution in [0.3, 0.4) is 0 Å². The molecule has 0 aliphatic carbocycles. The molecule has 2 nitrogen and oxygen atoms in total. The Labute approximate surface area is 112 Å². The summed E-state index contributed by atoms with van der Waals surface area (Å²) >= 11 is 5.94. The van der Waals surface area contributed by atoms with Crippen molar-refractivity contribution in [3.8, 4) is 0 Å². The molecule has 0 heterocycles. The lowest BCUT2D eigenvalue weighted by molar-refractivity contribution is 0.0849. The summed E-state index contributed by atoms with van der Waals surface area (Å²) in [5.74, 6) is 0.0182. The predicted molar refractivity (Wildman–Crippen MR) is 78.2 cm³/mol. The first-order chi connectivity index (χ1) is 7.53. The van der Waals surface area contributed by atoms with Crippen LogP contribution in [0.4, 0.5) is 0 Å². The van der Waals surface area contributed by atoms with Crippen LogP contribution < -0.4 is 0 Å². The molecule has 0 aliphatic rings. The molecule has 0 spiro atoms. The SMILES string of the molecule is C=C[C@H](Cl)[C@@H](O)[C@@H](C)CO[Si](C)(C)C(C)(C)C. The molecule has 102 valence electrons. The Morgan fingerprint density at radius 1 is 1.41 bits per heavy atom. The van der Waals surface area contributed by atoms with Crippen LogP contribution in [0.1, 0.15) is 27.7 Å². The highest BCUT2D eigenvalue weighted by Gasteiger charge is 2.37. The van der Waals surface area contributed by atoms with E-state index in [9.17, 15) is 5.11 Å². The Hall–Kier alpha value is 0.167. The molecule has 0 rings (SSSR count). The van der Waals surface area contributed by atoms with Gasteiger partial charge in [-0.15, -0.1) is 18.2 Å². The molecule has 0 radical (unpaired) electrons. The summed E-state index contributed by atoms with van der Waals surface area (Å²) in [5, 5.41) is 9.70. The molecular formula is C13H27ClO2Si. The highest BCUT2D eigenvalue weighted by Crippen LogP contribution is 2.36. The average Bonchev–Trinajstić information content (AvgIpc) is 2.22. The maximum absolute atomic E-state index is 9.92. The fourth-order valence-electron chi connectivity index (χ4n) is 1.11. The van der Waals surface area contributed by atoms with Crippen LogP contribution in [-0.2, 0) is 4.43 Å². The molecule has 4 heteroatoms. The monoisotopic (exact) mass is 278 g/mol. The molecule has 0 saturated heterocycles. The highest BCUT2D eigenvalue weighted by molar-refractivity contribution is 6.74. The van der Waals surface area contributed by atoms with Gasteiger partial charge in [-0.05, 0) is 18.1 Å². The van der Waals surface area contributed by atoms with Gasteiger partial charge >= 0.3 is 0 Å². The number of hydrogen-bond acceptors (Lipinski definition) is 2. The van der Waals surface area contributed by atoms with Gasteiger partial charge in [-0.1, -0.05) is 33.8 Å². The third-order valence-electron chi connectivity index (χ3n) is 3.65. The summed E-state index contributed by atoms with van der Waals surface area (Å²) < 4.78 is 6.06. The lowest BCUT2D eigenvalue weighted by atomic mass is 10.0. The summed E-state index contributed by atoms with van der Waals surface area (Å²) in [6.07, 6.45) is 0.966. The van der Waals surface area contributed by atoms with E-state index < -0.39 is 19.8 Å². The van der Waals surface area contributed by atoms with Crippen molar-refractivity contribution >= 4 is 19.9 Å². The molecule has 3 atom stereocenters. The normalized spacial score (nSPS) is 18.6. The molecule has 17 heavy (non-hydrogen) atoms. The average molecular weight is 279 g/mol. The van der Waals surface area contributed by atoms with E-state index in [1.807, 2.05) is 6.92 Å². The molecule has 0 fully saturated rings. The molecule has 0 aromatic carbocycles. The summed E-state index contributed by atoms with van der Waals surface area (Å²) in [6, 6.07) is 0. The van der Waals surface area contributed by atoms with Crippen LogP contribution in [0, 0.1) is 5.92 Å². The van der Waals surface area contributed by atoms with Gasteiger partial charge in [0.15, 0.2) is 8.32 Å². The zero-order chi connectivity index (χ0) is 13.9. The maximum atomic E-state index is 9.92. The second kappa shape index (κ2) is 6.37. The summed E-state index contributed by atoms with van der Waals surface area (Å²) in [6.45, 7) is 17.1. The fourth-order valence-corrected chi connectivity index (χ4v) is 2.47. The molecular weight excluding hydrogens is 252 g/mol. The Balaban J connectivity index is 4.34. The fraction of sp³-hybridized carbons (Fsp3) is 0.846. The van der Waals surface area contributed by atoms with Crippen molar-refractivity contribution in [2.75, 3.05) is 6.61 Å². The summed E-state index contributed by atoms with van der Waals surface area (Å²) in [7, 11) is -1.74. The quantitative estimate of drug-likeness (QED) is 0.455. The Bertz CT molecular complexity index is 248. The second-order valence-electron chi connectivity index (χ2n) is 6.22. The van der Waals surface area contributed by atoms with Crippen molar-refractivity contribution in [3.63, 3.8) is 0 Å². The van der Waals surface area contributed by atoms with Crippen LogP contribution in [0.15, 0.2) is 12.7 Å². The second-order valence-corrected chi connectivity index (χ2v) is 11.5. The van der Waals surface area contributed by atoms with Crippen molar-refractivity contribution in [3.05, 3.63) is 12.7 Å². The van der Waals surface area contributed by atoms with Crippen LogP contribution in [0.25, 0.3) is 0 Å². The van der Waals surface area contributed by atoms with Crippen molar-refractivity contribution in [1.29, 1.82) is 0 Å². The van der Waals surface area contributed by atoms with Gasteiger partial charge in [0, 0.05) is 12.5 Å². The van der Waals surface area contributed by atoms with E-state index in [1.54, 1.807) is 6.08 Å². The smallest absolute Gasteiger partial charge is 0.191 e. The Morgan fingerprint density at radius 2 is 1.88 bits per heavy atom. The van der Waals surface area contributed by atoms with Gasteiger partial charge in [0.1, 0.15) is 0 Å². The van der Waals surface area contributed by atoms with Gasteiger partial charge in [0.05, 0.1) is 11.5 Å². The van der Waals surface area contributed by atoms with Crippen molar-refractivity contribution in [2.24, 2.45) is 5.92 Å². The number of aliphatic hydroxyl groups is 1. The zero-order valence-electron chi connectivity index (χ0n) is 12.0. The van der Waals surface area contributed by atoms with E-state index in [1.165, 1.54) is 0 Å². The highest BCUT2D eigenvalue weighted by atomic mass is 35.5. The van der Waals surface area contributed by atoms with E-state index in [0.717, 1.165) is 0 Å². The van der Waals surface area contributed by atoms with Gasteiger partial charge in [0.2, 0.25) is 0 Å². The zero-order valence-corrected chi connectivity index (χ0v) is 13.7. The molecule has 0 bridgehead atoms. The molecule has 0 unspecified atom stereocenters. The summed E-state index contributed by atoms with van der Waals surface area (Å²) in [4.78, 5) is 0. The molecule has 0 aromatic heterocycles. The first-order valence-electron chi connectivity index (χ1n) is 6.11. The topological polar surface area (TPSA) is 29.5 Å². The third-order valence-corrected chi connectivity index (χ3v) is 8.58. The number of rotatable bonds is 6. The largest absolute Gasteiger partial charge is 0.416 e.